The predicted octanol–water partition coefficient (Wildman–Crippen LogP) is 2.44. The number of morpholine rings is 1. The van der Waals surface area contributed by atoms with E-state index >= 15 is 0 Å². The fourth-order valence-corrected chi connectivity index (χ4v) is 3.55. The average molecular weight is 447 g/mol. The summed E-state index contributed by atoms with van der Waals surface area (Å²) in [6.45, 7) is 8.24. The van der Waals surface area contributed by atoms with Gasteiger partial charge in [-0.3, -0.25) is 4.79 Å². The Morgan fingerprint density at radius 3 is 2.19 bits per heavy atom. The van der Waals surface area contributed by atoms with Crippen LogP contribution in [0.5, 0.6) is 0 Å². The number of amides is 3. The summed E-state index contributed by atoms with van der Waals surface area (Å²) in [5, 5.41) is 1.90. The number of nitrogens with zero attached hydrogens (tertiary/aromatic N) is 4. The molecule has 0 spiro atoms. The van der Waals surface area contributed by atoms with Crippen molar-refractivity contribution in [2.45, 2.75) is 52.0 Å². The van der Waals surface area contributed by atoms with E-state index in [1.807, 2.05) is 30.3 Å². The van der Waals surface area contributed by atoms with Crippen molar-refractivity contribution in [3.05, 3.63) is 35.9 Å². The van der Waals surface area contributed by atoms with Crippen LogP contribution >= 0.6 is 0 Å². The molecule has 1 aromatic rings. The van der Waals surface area contributed by atoms with Crippen molar-refractivity contribution >= 4 is 24.4 Å². The SMILES string of the molecule is CC(C)OC(=O)N1C=NC(Cc2ccccc2)(C(=O)N2CCOCC2)N1C(=O)OC(C)C. The van der Waals surface area contributed by atoms with Crippen molar-refractivity contribution in [2.75, 3.05) is 26.3 Å². The lowest BCUT2D eigenvalue weighted by Gasteiger charge is -2.40. The van der Waals surface area contributed by atoms with Gasteiger partial charge in [-0.2, -0.15) is 10.0 Å². The molecule has 2 heterocycles. The third-order valence-electron chi connectivity index (χ3n) is 4.91. The molecule has 2 aliphatic heterocycles. The summed E-state index contributed by atoms with van der Waals surface area (Å²) in [6.07, 6.45) is -1.38. The molecule has 3 amide bonds. The standard InChI is InChI=1S/C22H30N4O6/c1-16(2)31-20(28)25-15-23-22(14-18-8-6-5-7-9-18,26(25)21(29)32-17(3)4)19(27)24-10-12-30-13-11-24/h5-9,15-17H,10-14H2,1-4H3. The molecule has 0 N–H and O–H groups in total. The summed E-state index contributed by atoms with van der Waals surface area (Å²) >= 11 is 0. The molecule has 10 nitrogen and oxygen atoms in total. The van der Waals surface area contributed by atoms with Gasteiger partial charge >= 0.3 is 12.2 Å². The number of carbonyl (C=O) groups is 3. The van der Waals surface area contributed by atoms with Gasteiger partial charge in [-0.1, -0.05) is 30.3 Å². The van der Waals surface area contributed by atoms with Gasteiger partial charge in [0.1, 0.15) is 6.34 Å². The van der Waals surface area contributed by atoms with Gasteiger partial charge in [0.25, 0.3) is 5.91 Å². The van der Waals surface area contributed by atoms with Crippen LogP contribution in [0.15, 0.2) is 35.3 Å². The fourth-order valence-electron chi connectivity index (χ4n) is 3.55. The van der Waals surface area contributed by atoms with E-state index in [4.69, 9.17) is 14.2 Å². The first kappa shape index (κ1) is 23.5. The van der Waals surface area contributed by atoms with E-state index in [9.17, 15) is 14.4 Å². The third kappa shape index (κ3) is 5.01. The Hall–Kier alpha value is -3.14. The predicted molar refractivity (Wildman–Crippen MR) is 116 cm³/mol. The summed E-state index contributed by atoms with van der Waals surface area (Å²) in [4.78, 5) is 45.9. The van der Waals surface area contributed by atoms with Crippen LogP contribution in [0, 0.1) is 0 Å². The van der Waals surface area contributed by atoms with Crippen LogP contribution in [0.2, 0.25) is 0 Å². The first-order valence-electron chi connectivity index (χ1n) is 10.7. The maximum absolute atomic E-state index is 13.8. The van der Waals surface area contributed by atoms with E-state index in [2.05, 4.69) is 4.99 Å². The molecule has 32 heavy (non-hydrogen) atoms. The monoisotopic (exact) mass is 446 g/mol. The lowest BCUT2D eigenvalue weighted by atomic mass is 9.97. The van der Waals surface area contributed by atoms with Gasteiger partial charge in [-0.15, -0.1) is 0 Å². The first-order valence-corrected chi connectivity index (χ1v) is 10.7. The molecule has 1 fully saturated rings. The molecule has 174 valence electrons. The van der Waals surface area contributed by atoms with Crippen LogP contribution in [0.25, 0.3) is 0 Å². The van der Waals surface area contributed by atoms with Gasteiger partial charge in [0.05, 0.1) is 25.4 Å². The van der Waals surface area contributed by atoms with Gasteiger partial charge < -0.3 is 19.1 Å². The Balaban J connectivity index is 2.06. The average Bonchev–Trinajstić information content (AvgIpc) is 3.14. The molecule has 1 unspecified atom stereocenters. The van der Waals surface area contributed by atoms with E-state index in [1.54, 1.807) is 32.6 Å². The number of hydrogen-bond donors (Lipinski definition) is 0. The molecular formula is C22H30N4O6. The summed E-state index contributed by atoms with van der Waals surface area (Å²) in [5.74, 6) is -0.415. The van der Waals surface area contributed by atoms with E-state index < -0.39 is 36.0 Å². The largest absolute Gasteiger partial charge is 0.445 e. The summed E-state index contributed by atoms with van der Waals surface area (Å²) in [5.41, 5.74) is -0.964. The molecule has 0 bridgehead atoms. The molecule has 0 aromatic heterocycles. The van der Waals surface area contributed by atoms with Crippen molar-refractivity contribution in [3.8, 4) is 0 Å². The summed E-state index contributed by atoms with van der Waals surface area (Å²) < 4.78 is 16.1. The third-order valence-corrected chi connectivity index (χ3v) is 4.91. The Labute approximate surface area is 187 Å². The number of benzene rings is 1. The Morgan fingerprint density at radius 1 is 1.00 bits per heavy atom. The fraction of sp³-hybridized carbons (Fsp3) is 0.545. The molecule has 0 radical (unpaired) electrons. The van der Waals surface area contributed by atoms with Crippen molar-refractivity contribution in [1.82, 2.24) is 14.9 Å². The zero-order chi connectivity index (χ0) is 23.3. The smallest absolute Gasteiger partial charge is 0.435 e. The minimum Gasteiger partial charge on any atom is -0.445 e. The molecule has 10 heteroatoms. The highest BCUT2D eigenvalue weighted by atomic mass is 16.6. The molecule has 0 saturated carbocycles. The molecular weight excluding hydrogens is 416 g/mol. The van der Waals surface area contributed by atoms with Crippen LogP contribution in [-0.2, 0) is 25.4 Å². The van der Waals surface area contributed by atoms with Gasteiger partial charge in [0.15, 0.2) is 0 Å². The number of hydrazine groups is 1. The van der Waals surface area contributed by atoms with E-state index in [-0.39, 0.29) is 6.42 Å². The zero-order valence-electron chi connectivity index (χ0n) is 18.9. The molecule has 1 saturated heterocycles. The minimum atomic E-state index is -1.74. The highest BCUT2D eigenvalue weighted by Crippen LogP contribution is 2.33. The lowest BCUT2D eigenvalue weighted by molar-refractivity contribution is -0.152. The topological polar surface area (TPSA) is 101 Å². The van der Waals surface area contributed by atoms with Gasteiger partial charge in [-0.25, -0.2) is 14.6 Å². The van der Waals surface area contributed by atoms with Crippen LogP contribution in [0.1, 0.15) is 33.3 Å². The molecule has 0 aliphatic carbocycles. The number of hydrogen-bond acceptors (Lipinski definition) is 7. The van der Waals surface area contributed by atoms with E-state index in [0.29, 0.717) is 26.3 Å². The number of carbonyl (C=O) groups excluding carboxylic acids is 3. The second-order valence-electron chi connectivity index (χ2n) is 8.15. The quantitative estimate of drug-likeness (QED) is 0.689. The number of rotatable bonds is 5. The Kier molecular flexibility index (Phi) is 7.34. The van der Waals surface area contributed by atoms with Gasteiger partial charge in [-0.05, 0) is 33.3 Å². The van der Waals surface area contributed by atoms with Crippen molar-refractivity contribution < 1.29 is 28.6 Å². The maximum Gasteiger partial charge on any atom is 0.435 e. The second kappa shape index (κ2) is 9.99. The molecule has 3 rings (SSSR count). The number of aliphatic imine (C=N–C) groups is 1. The van der Waals surface area contributed by atoms with Crippen molar-refractivity contribution in [2.24, 2.45) is 4.99 Å². The van der Waals surface area contributed by atoms with Crippen LogP contribution in [0.3, 0.4) is 0 Å². The van der Waals surface area contributed by atoms with Gasteiger partial charge in [0.2, 0.25) is 5.66 Å². The van der Waals surface area contributed by atoms with Crippen molar-refractivity contribution in [1.29, 1.82) is 0 Å². The number of ether oxygens (including phenoxy) is 3. The first-order chi connectivity index (χ1) is 15.2. The van der Waals surface area contributed by atoms with Crippen LogP contribution < -0.4 is 0 Å². The maximum atomic E-state index is 13.8. The highest BCUT2D eigenvalue weighted by molar-refractivity contribution is 5.97. The second-order valence-corrected chi connectivity index (χ2v) is 8.15. The summed E-state index contributed by atoms with van der Waals surface area (Å²) in [6, 6.07) is 9.20. The summed E-state index contributed by atoms with van der Waals surface area (Å²) in [7, 11) is 0. The van der Waals surface area contributed by atoms with E-state index in [1.165, 1.54) is 0 Å². The van der Waals surface area contributed by atoms with E-state index in [0.717, 1.165) is 21.9 Å². The molecule has 2 aliphatic rings. The van der Waals surface area contributed by atoms with Gasteiger partial charge in [0, 0.05) is 19.5 Å². The zero-order valence-corrected chi connectivity index (χ0v) is 18.9. The van der Waals surface area contributed by atoms with Crippen molar-refractivity contribution in [3.63, 3.8) is 0 Å². The lowest BCUT2D eigenvalue weighted by Crippen LogP contribution is -2.65. The Morgan fingerprint density at radius 2 is 1.59 bits per heavy atom. The van der Waals surface area contributed by atoms with Crippen LogP contribution in [0.4, 0.5) is 9.59 Å². The van der Waals surface area contributed by atoms with Crippen LogP contribution in [-0.4, -0.2) is 83.5 Å². The highest BCUT2D eigenvalue weighted by Gasteiger charge is 2.57. The Bertz CT molecular complexity index is 853. The molecule has 1 atom stereocenters. The molecule has 1 aromatic carbocycles. The minimum absolute atomic E-state index is 0.0547. The normalized spacial score (nSPS) is 20.8.